The quantitative estimate of drug-likeness (QED) is 0.847. The normalized spacial score (nSPS) is 16.4. The predicted molar refractivity (Wildman–Crippen MR) is 65.5 cm³/mol. The van der Waals surface area contributed by atoms with Crippen molar-refractivity contribution in [1.82, 2.24) is 5.32 Å². The summed E-state index contributed by atoms with van der Waals surface area (Å²) in [6.07, 6.45) is 4.15. The van der Waals surface area contributed by atoms with E-state index in [1.807, 2.05) is 12.1 Å². The van der Waals surface area contributed by atoms with E-state index in [1.165, 1.54) is 19.3 Å². The molecule has 0 amide bonds. The molecule has 1 saturated carbocycles. The highest BCUT2D eigenvalue weighted by Crippen LogP contribution is 2.25. The molecule has 2 rings (SSSR count). The summed E-state index contributed by atoms with van der Waals surface area (Å²) in [6, 6.07) is 5.66. The standard InChI is InChI=1S/C12H15Cl2N/c13-11-5-4-10(12(14)6-11)8-15-7-9-2-1-3-9/h4-6,9,15H,1-3,7-8H2. The van der Waals surface area contributed by atoms with Gasteiger partial charge in [0.2, 0.25) is 0 Å². The van der Waals surface area contributed by atoms with Crippen molar-refractivity contribution < 1.29 is 0 Å². The van der Waals surface area contributed by atoms with Crippen molar-refractivity contribution >= 4 is 23.2 Å². The van der Waals surface area contributed by atoms with Crippen molar-refractivity contribution in [2.45, 2.75) is 25.8 Å². The highest BCUT2D eigenvalue weighted by Gasteiger charge is 2.16. The summed E-state index contributed by atoms with van der Waals surface area (Å²) in [4.78, 5) is 0. The van der Waals surface area contributed by atoms with Crippen LogP contribution in [-0.4, -0.2) is 6.54 Å². The van der Waals surface area contributed by atoms with Crippen molar-refractivity contribution in [3.05, 3.63) is 33.8 Å². The third-order valence-electron chi connectivity index (χ3n) is 2.99. The minimum atomic E-state index is 0.697. The van der Waals surface area contributed by atoms with E-state index in [4.69, 9.17) is 23.2 Å². The number of benzene rings is 1. The number of hydrogen-bond acceptors (Lipinski definition) is 1. The summed E-state index contributed by atoms with van der Waals surface area (Å²) in [5, 5.41) is 4.89. The fraction of sp³-hybridized carbons (Fsp3) is 0.500. The van der Waals surface area contributed by atoms with Crippen LogP contribution in [0, 0.1) is 5.92 Å². The maximum absolute atomic E-state index is 6.07. The number of hydrogen-bond donors (Lipinski definition) is 1. The van der Waals surface area contributed by atoms with Gasteiger partial charge in [0.15, 0.2) is 0 Å². The summed E-state index contributed by atoms with van der Waals surface area (Å²) in [5.41, 5.74) is 1.13. The first-order valence-corrected chi connectivity index (χ1v) is 6.16. The summed E-state index contributed by atoms with van der Waals surface area (Å²) in [7, 11) is 0. The topological polar surface area (TPSA) is 12.0 Å². The van der Waals surface area contributed by atoms with Crippen molar-refractivity contribution in [3.63, 3.8) is 0 Å². The highest BCUT2D eigenvalue weighted by atomic mass is 35.5. The zero-order valence-electron chi connectivity index (χ0n) is 8.60. The molecular weight excluding hydrogens is 229 g/mol. The number of nitrogens with one attached hydrogen (secondary N) is 1. The van der Waals surface area contributed by atoms with Gasteiger partial charge in [-0.25, -0.2) is 0 Å². The fourth-order valence-corrected chi connectivity index (χ4v) is 2.25. The summed E-state index contributed by atoms with van der Waals surface area (Å²) < 4.78 is 0. The van der Waals surface area contributed by atoms with E-state index in [9.17, 15) is 0 Å². The number of halogens is 2. The van der Waals surface area contributed by atoms with Gasteiger partial charge in [-0.1, -0.05) is 35.7 Å². The molecule has 15 heavy (non-hydrogen) atoms. The third kappa shape index (κ3) is 3.10. The zero-order chi connectivity index (χ0) is 10.7. The van der Waals surface area contributed by atoms with E-state index in [2.05, 4.69) is 5.32 Å². The Bertz CT molecular complexity index is 334. The Labute approximate surface area is 101 Å². The molecule has 1 aromatic rings. The maximum atomic E-state index is 6.07. The van der Waals surface area contributed by atoms with E-state index in [1.54, 1.807) is 6.07 Å². The average Bonchev–Trinajstić information content (AvgIpc) is 2.12. The fourth-order valence-electron chi connectivity index (χ4n) is 1.77. The van der Waals surface area contributed by atoms with Gasteiger partial charge >= 0.3 is 0 Å². The van der Waals surface area contributed by atoms with Gasteiger partial charge in [0.1, 0.15) is 0 Å². The molecule has 3 heteroatoms. The maximum Gasteiger partial charge on any atom is 0.0465 e. The van der Waals surface area contributed by atoms with Gasteiger partial charge in [-0.15, -0.1) is 0 Å². The van der Waals surface area contributed by atoms with Crippen molar-refractivity contribution in [2.75, 3.05) is 6.54 Å². The SMILES string of the molecule is Clc1ccc(CNCC2CCC2)c(Cl)c1. The Kier molecular flexibility index (Phi) is 3.90. The Balaban J connectivity index is 1.81. The predicted octanol–water partition coefficient (Wildman–Crippen LogP) is 3.88. The van der Waals surface area contributed by atoms with E-state index in [-0.39, 0.29) is 0 Å². The van der Waals surface area contributed by atoms with Crippen LogP contribution in [0.1, 0.15) is 24.8 Å². The molecule has 82 valence electrons. The van der Waals surface area contributed by atoms with Crippen LogP contribution in [0.25, 0.3) is 0 Å². The monoisotopic (exact) mass is 243 g/mol. The first kappa shape index (κ1) is 11.3. The molecular formula is C12H15Cl2N. The third-order valence-corrected chi connectivity index (χ3v) is 3.58. The second-order valence-electron chi connectivity index (χ2n) is 4.16. The van der Waals surface area contributed by atoms with Crippen LogP contribution in [-0.2, 0) is 6.54 Å². The van der Waals surface area contributed by atoms with Crippen LogP contribution in [0.5, 0.6) is 0 Å². The molecule has 1 aliphatic carbocycles. The molecule has 0 saturated heterocycles. The van der Waals surface area contributed by atoms with Gasteiger partial charge in [-0.2, -0.15) is 0 Å². The Morgan fingerprint density at radius 3 is 2.67 bits per heavy atom. The lowest BCUT2D eigenvalue weighted by Crippen LogP contribution is -2.26. The van der Waals surface area contributed by atoms with Gasteiger partial charge in [-0.05, 0) is 43.0 Å². The molecule has 1 nitrogen and oxygen atoms in total. The van der Waals surface area contributed by atoms with E-state index < -0.39 is 0 Å². The van der Waals surface area contributed by atoms with E-state index in [0.717, 1.165) is 29.6 Å². The average molecular weight is 244 g/mol. The van der Waals surface area contributed by atoms with Gasteiger partial charge in [0.05, 0.1) is 0 Å². The molecule has 1 N–H and O–H groups in total. The smallest absolute Gasteiger partial charge is 0.0465 e. The van der Waals surface area contributed by atoms with Crippen molar-refractivity contribution in [1.29, 1.82) is 0 Å². The Morgan fingerprint density at radius 1 is 1.27 bits per heavy atom. The van der Waals surface area contributed by atoms with Gasteiger partial charge in [0, 0.05) is 16.6 Å². The van der Waals surface area contributed by atoms with Crippen LogP contribution in [0.4, 0.5) is 0 Å². The molecule has 1 aliphatic rings. The lowest BCUT2D eigenvalue weighted by Gasteiger charge is -2.25. The van der Waals surface area contributed by atoms with Crippen LogP contribution in [0.2, 0.25) is 10.0 Å². The molecule has 0 aromatic heterocycles. The molecule has 1 fully saturated rings. The van der Waals surface area contributed by atoms with Crippen molar-refractivity contribution in [3.8, 4) is 0 Å². The summed E-state index contributed by atoms with van der Waals surface area (Å²) in [6.45, 7) is 1.95. The molecule has 0 spiro atoms. The van der Waals surface area contributed by atoms with Crippen LogP contribution >= 0.6 is 23.2 Å². The van der Waals surface area contributed by atoms with E-state index >= 15 is 0 Å². The van der Waals surface area contributed by atoms with Gasteiger partial charge in [0.25, 0.3) is 0 Å². The minimum Gasteiger partial charge on any atom is -0.312 e. The molecule has 0 bridgehead atoms. The molecule has 0 unspecified atom stereocenters. The van der Waals surface area contributed by atoms with Gasteiger partial charge in [-0.3, -0.25) is 0 Å². The number of rotatable bonds is 4. The first-order chi connectivity index (χ1) is 7.25. The molecule has 0 radical (unpaired) electrons. The minimum absolute atomic E-state index is 0.697. The van der Waals surface area contributed by atoms with Crippen LogP contribution in [0.15, 0.2) is 18.2 Å². The Morgan fingerprint density at radius 2 is 2.07 bits per heavy atom. The molecule has 0 heterocycles. The van der Waals surface area contributed by atoms with Crippen LogP contribution in [0.3, 0.4) is 0 Å². The van der Waals surface area contributed by atoms with Gasteiger partial charge < -0.3 is 5.32 Å². The summed E-state index contributed by atoms with van der Waals surface area (Å²) >= 11 is 11.9. The molecule has 0 aliphatic heterocycles. The second kappa shape index (κ2) is 5.20. The first-order valence-electron chi connectivity index (χ1n) is 5.40. The lowest BCUT2D eigenvalue weighted by atomic mass is 9.85. The second-order valence-corrected chi connectivity index (χ2v) is 5.01. The van der Waals surface area contributed by atoms with Crippen molar-refractivity contribution in [2.24, 2.45) is 5.92 Å². The van der Waals surface area contributed by atoms with Crippen LogP contribution < -0.4 is 5.32 Å². The molecule has 1 aromatic carbocycles. The largest absolute Gasteiger partial charge is 0.312 e. The lowest BCUT2D eigenvalue weighted by molar-refractivity contribution is 0.301. The summed E-state index contributed by atoms with van der Waals surface area (Å²) in [5.74, 6) is 0.885. The Hall–Kier alpha value is -0.240. The van der Waals surface area contributed by atoms with E-state index in [0.29, 0.717) is 5.02 Å². The highest BCUT2D eigenvalue weighted by molar-refractivity contribution is 6.35. The molecule has 0 atom stereocenters. The zero-order valence-corrected chi connectivity index (χ0v) is 10.1.